The van der Waals surface area contributed by atoms with E-state index in [4.69, 9.17) is 10.8 Å². The molecule has 5 heteroatoms. The predicted octanol–water partition coefficient (Wildman–Crippen LogP) is 1.59. The Hall–Kier alpha value is -1.23. The van der Waals surface area contributed by atoms with Crippen LogP contribution in [0.25, 0.3) is 0 Å². The number of nitrogens with two attached hydrogens (primary N) is 1. The van der Waals surface area contributed by atoms with Crippen LogP contribution in [-0.2, 0) is 0 Å². The zero-order valence-corrected chi connectivity index (χ0v) is 8.79. The third kappa shape index (κ3) is 2.35. The van der Waals surface area contributed by atoms with Gasteiger partial charge in [0, 0.05) is 7.05 Å². The van der Waals surface area contributed by atoms with E-state index in [1.807, 2.05) is 0 Å². The van der Waals surface area contributed by atoms with Crippen LogP contribution in [0.4, 0.5) is 11.4 Å². The molecular weight excluding hydrogens is 236 g/mol. The lowest BCUT2D eigenvalue weighted by Gasteiger charge is -2.07. The summed E-state index contributed by atoms with van der Waals surface area (Å²) >= 11 is 0. The molecule has 1 aromatic rings. The van der Waals surface area contributed by atoms with E-state index in [1.54, 1.807) is 19.2 Å². The highest BCUT2D eigenvalue weighted by Crippen LogP contribution is 2.22. The summed E-state index contributed by atoms with van der Waals surface area (Å²) in [5, 5.41) is 11.5. The molecule has 0 aromatic heterocycles. The lowest BCUT2D eigenvalue weighted by Crippen LogP contribution is -2.05. The Bertz CT molecular complexity index is 315. The fourth-order valence-electron chi connectivity index (χ4n) is 1.03. The minimum atomic E-state index is -0.980. The van der Waals surface area contributed by atoms with Crippen LogP contribution in [0.5, 0.6) is 0 Å². The van der Waals surface area contributed by atoms with Crippen molar-refractivity contribution >= 4 is 34.3 Å². The van der Waals surface area contributed by atoms with Crippen molar-refractivity contribution < 1.29 is 9.90 Å². The average molecular weight is 247 g/mol. The summed E-state index contributed by atoms with van der Waals surface area (Å²) in [6.45, 7) is 0. The van der Waals surface area contributed by atoms with Crippen LogP contribution in [0.3, 0.4) is 0 Å². The fraction of sp³-hybridized carbons (Fsp3) is 0.125. The molecule has 0 saturated carbocycles. The molecule has 0 saturated heterocycles. The van der Waals surface area contributed by atoms with E-state index < -0.39 is 5.97 Å². The zero-order chi connectivity index (χ0) is 9.14. The molecule has 0 amide bonds. The van der Waals surface area contributed by atoms with Crippen molar-refractivity contribution in [1.29, 1.82) is 0 Å². The number of carboxylic acids is 1. The smallest absolute Gasteiger partial charge is 0.337 e. The van der Waals surface area contributed by atoms with Gasteiger partial charge in [-0.15, -0.1) is 17.0 Å². The summed E-state index contributed by atoms with van der Waals surface area (Å²) in [5.41, 5.74) is 6.64. The first-order valence-corrected chi connectivity index (χ1v) is 3.46. The van der Waals surface area contributed by atoms with Gasteiger partial charge in [-0.3, -0.25) is 0 Å². The van der Waals surface area contributed by atoms with Crippen LogP contribution in [0.2, 0.25) is 0 Å². The fourth-order valence-corrected chi connectivity index (χ4v) is 1.03. The number of halogens is 1. The largest absolute Gasteiger partial charge is 0.478 e. The van der Waals surface area contributed by atoms with Gasteiger partial charge in [0.25, 0.3) is 0 Å². The van der Waals surface area contributed by atoms with Crippen molar-refractivity contribution in [3.05, 3.63) is 23.8 Å². The summed E-state index contributed by atoms with van der Waals surface area (Å²) in [4.78, 5) is 10.6. The maximum Gasteiger partial charge on any atom is 0.337 e. The molecule has 0 fully saturated rings. The van der Waals surface area contributed by atoms with Crippen LogP contribution in [-0.4, -0.2) is 18.1 Å². The van der Waals surface area contributed by atoms with E-state index in [1.165, 1.54) is 6.07 Å². The van der Waals surface area contributed by atoms with Crippen molar-refractivity contribution in [1.82, 2.24) is 0 Å². The zero-order valence-electron chi connectivity index (χ0n) is 7.07. The average Bonchev–Trinajstić information content (AvgIpc) is 2.03. The number of hydrogen-bond donors (Lipinski definition) is 3. The highest BCUT2D eigenvalue weighted by Gasteiger charge is 2.09. The Morgan fingerprint density at radius 1 is 1.54 bits per heavy atom. The van der Waals surface area contributed by atoms with E-state index >= 15 is 0 Å². The molecule has 0 aliphatic heterocycles. The standard InChI is InChI=1S/C8H10N2O2.BrH/c1-10-7-5(8(11)12)3-2-4-6(7)9;/h2-4,10H,9H2,1H3,(H,11,12);1H. The second-order valence-electron chi connectivity index (χ2n) is 2.32. The number of carboxylic acid groups (broad SMARTS) is 1. The molecule has 4 nitrogen and oxygen atoms in total. The van der Waals surface area contributed by atoms with Crippen LogP contribution in [0.1, 0.15) is 10.4 Å². The third-order valence-corrected chi connectivity index (χ3v) is 1.58. The number of para-hydroxylation sites is 1. The first kappa shape index (κ1) is 11.8. The summed E-state index contributed by atoms with van der Waals surface area (Å²) in [6.07, 6.45) is 0. The van der Waals surface area contributed by atoms with Gasteiger partial charge in [-0.05, 0) is 12.1 Å². The predicted molar refractivity (Wildman–Crippen MR) is 57.7 cm³/mol. The molecule has 0 bridgehead atoms. The molecule has 0 radical (unpaired) electrons. The van der Waals surface area contributed by atoms with Crippen molar-refractivity contribution in [2.24, 2.45) is 0 Å². The second-order valence-corrected chi connectivity index (χ2v) is 2.32. The number of carbonyl (C=O) groups is 1. The molecule has 0 heterocycles. The summed E-state index contributed by atoms with van der Waals surface area (Å²) < 4.78 is 0. The molecule has 4 N–H and O–H groups in total. The monoisotopic (exact) mass is 246 g/mol. The maximum atomic E-state index is 10.6. The Labute approximate surface area is 86.5 Å². The van der Waals surface area contributed by atoms with Crippen molar-refractivity contribution in [3.8, 4) is 0 Å². The van der Waals surface area contributed by atoms with E-state index in [2.05, 4.69) is 5.32 Å². The van der Waals surface area contributed by atoms with Gasteiger partial charge in [-0.1, -0.05) is 6.07 Å². The number of hydrogen-bond acceptors (Lipinski definition) is 3. The summed E-state index contributed by atoms with van der Waals surface area (Å²) in [5.74, 6) is -0.980. The number of benzene rings is 1. The number of nitrogen functional groups attached to an aromatic ring is 1. The molecule has 13 heavy (non-hydrogen) atoms. The SMILES string of the molecule is Br.CNc1c(N)cccc1C(=O)O. The Morgan fingerprint density at radius 2 is 2.15 bits per heavy atom. The highest BCUT2D eigenvalue weighted by molar-refractivity contribution is 8.93. The van der Waals surface area contributed by atoms with E-state index in [9.17, 15) is 4.79 Å². The van der Waals surface area contributed by atoms with Gasteiger partial charge in [0.1, 0.15) is 0 Å². The first-order chi connectivity index (χ1) is 5.66. The van der Waals surface area contributed by atoms with Crippen molar-refractivity contribution in [2.45, 2.75) is 0 Å². The lowest BCUT2D eigenvalue weighted by molar-refractivity contribution is 0.0698. The normalized spacial score (nSPS) is 8.69. The molecule has 0 aliphatic carbocycles. The van der Waals surface area contributed by atoms with Crippen LogP contribution in [0, 0.1) is 0 Å². The highest BCUT2D eigenvalue weighted by atomic mass is 79.9. The lowest BCUT2D eigenvalue weighted by atomic mass is 10.1. The molecule has 0 unspecified atom stereocenters. The van der Waals surface area contributed by atoms with Gasteiger partial charge in [0.2, 0.25) is 0 Å². The Morgan fingerprint density at radius 3 is 2.54 bits per heavy atom. The summed E-state index contributed by atoms with van der Waals surface area (Å²) in [6, 6.07) is 4.77. The topological polar surface area (TPSA) is 75.3 Å². The minimum Gasteiger partial charge on any atom is -0.478 e. The van der Waals surface area contributed by atoms with Gasteiger partial charge >= 0.3 is 5.97 Å². The van der Waals surface area contributed by atoms with Crippen molar-refractivity contribution in [3.63, 3.8) is 0 Å². The Balaban J connectivity index is 0.00000144. The van der Waals surface area contributed by atoms with Gasteiger partial charge in [-0.25, -0.2) is 4.79 Å². The van der Waals surface area contributed by atoms with Crippen LogP contribution in [0.15, 0.2) is 18.2 Å². The maximum absolute atomic E-state index is 10.6. The van der Waals surface area contributed by atoms with Crippen LogP contribution < -0.4 is 11.1 Å². The molecule has 0 spiro atoms. The number of anilines is 2. The molecule has 0 atom stereocenters. The minimum absolute atomic E-state index is 0. The third-order valence-electron chi connectivity index (χ3n) is 1.58. The van der Waals surface area contributed by atoms with Crippen molar-refractivity contribution in [2.75, 3.05) is 18.1 Å². The van der Waals surface area contributed by atoms with E-state index in [0.29, 0.717) is 11.4 Å². The van der Waals surface area contributed by atoms with Gasteiger partial charge in [0.05, 0.1) is 16.9 Å². The van der Waals surface area contributed by atoms with E-state index in [0.717, 1.165) is 0 Å². The number of aromatic carboxylic acids is 1. The number of rotatable bonds is 2. The Kier molecular flexibility index (Phi) is 4.27. The molecule has 1 rings (SSSR count). The second kappa shape index (κ2) is 4.71. The van der Waals surface area contributed by atoms with Gasteiger partial charge < -0.3 is 16.2 Å². The quantitative estimate of drug-likeness (QED) is 0.693. The van der Waals surface area contributed by atoms with E-state index in [-0.39, 0.29) is 22.5 Å². The molecule has 1 aromatic carbocycles. The van der Waals surface area contributed by atoms with Gasteiger partial charge in [0.15, 0.2) is 0 Å². The van der Waals surface area contributed by atoms with Crippen LogP contribution >= 0.6 is 17.0 Å². The molecule has 0 aliphatic rings. The summed E-state index contributed by atoms with van der Waals surface area (Å²) in [7, 11) is 1.64. The number of nitrogens with one attached hydrogen (secondary N) is 1. The first-order valence-electron chi connectivity index (χ1n) is 3.46. The molecule has 72 valence electrons. The van der Waals surface area contributed by atoms with Gasteiger partial charge in [-0.2, -0.15) is 0 Å². The molecular formula is C8H11BrN2O2.